The van der Waals surface area contributed by atoms with Crippen LogP contribution in [0.2, 0.25) is 0 Å². The van der Waals surface area contributed by atoms with E-state index in [-0.39, 0.29) is 0 Å². The molecule has 0 aliphatic heterocycles. The third-order valence-corrected chi connectivity index (χ3v) is 5.48. The molecule has 1 aromatic heterocycles. The summed E-state index contributed by atoms with van der Waals surface area (Å²) in [5.74, 6) is 3.57. The molecule has 2 aromatic carbocycles. The van der Waals surface area contributed by atoms with Crippen LogP contribution in [0.25, 0.3) is 21.8 Å². The predicted octanol–water partition coefficient (Wildman–Crippen LogP) is 6.55. The minimum Gasteiger partial charge on any atom is -0.341 e. The van der Waals surface area contributed by atoms with Gasteiger partial charge in [0.2, 0.25) is 0 Å². The lowest BCUT2D eigenvalue weighted by atomic mass is 9.91. The summed E-state index contributed by atoms with van der Waals surface area (Å²) in [5, 5.41) is 2.63. The van der Waals surface area contributed by atoms with Crippen molar-refractivity contribution in [2.45, 2.75) is 59.4 Å². The Morgan fingerprint density at radius 1 is 1.00 bits per heavy atom. The quantitative estimate of drug-likeness (QED) is 0.432. The Morgan fingerprint density at radius 2 is 1.72 bits per heavy atom. The number of hydrogen-bond donors (Lipinski definition) is 0. The zero-order valence-corrected chi connectivity index (χ0v) is 15.8. The highest BCUT2D eigenvalue weighted by Crippen LogP contribution is 2.31. The summed E-state index contributed by atoms with van der Waals surface area (Å²) in [6.07, 6.45) is 12.0. The summed E-state index contributed by atoms with van der Waals surface area (Å²) < 4.78 is 2.39. The first-order valence-electron chi connectivity index (χ1n) is 9.73. The molecule has 0 N–H and O–H groups in total. The van der Waals surface area contributed by atoms with E-state index in [2.05, 4.69) is 61.6 Å². The third kappa shape index (κ3) is 3.45. The Balaban J connectivity index is 2.06. The molecular weight excluding hydrogens is 302 g/mol. The fourth-order valence-corrected chi connectivity index (χ4v) is 3.99. The summed E-state index contributed by atoms with van der Waals surface area (Å²) in [7, 11) is 0. The molecule has 3 rings (SSSR count). The topological polar surface area (TPSA) is 4.93 Å². The molecule has 1 heteroatoms. The second kappa shape index (κ2) is 7.79. The maximum atomic E-state index is 5.63. The maximum absolute atomic E-state index is 5.63. The van der Waals surface area contributed by atoms with E-state index >= 15 is 0 Å². The number of unbranched alkanes of at least 4 members (excludes halogenated alkanes) is 1. The molecule has 1 atom stereocenters. The van der Waals surface area contributed by atoms with Gasteiger partial charge in [0.1, 0.15) is 0 Å². The number of nitrogens with zero attached hydrogens (tertiary/aromatic N) is 1. The Labute approximate surface area is 152 Å². The van der Waals surface area contributed by atoms with E-state index < -0.39 is 0 Å². The highest BCUT2D eigenvalue weighted by Gasteiger charge is 2.13. The Morgan fingerprint density at radius 3 is 2.36 bits per heavy atom. The summed E-state index contributed by atoms with van der Waals surface area (Å²) >= 11 is 0. The molecule has 0 aliphatic rings. The summed E-state index contributed by atoms with van der Waals surface area (Å²) in [4.78, 5) is 0. The molecule has 130 valence electrons. The summed E-state index contributed by atoms with van der Waals surface area (Å²) in [5.41, 5.74) is 5.02. The highest BCUT2D eigenvalue weighted by molar-refractivity contribution is 6.08. The van der Waals surface area contributed by atoms with Gasteiger partial charge in [0, 0.05) is 33.9 Å². The summed E-state index contributed by atoms with van der Waals surface area (Å²) in [6, 6.07) is 13.4. The van der Waals surface area contributed by atoms with Gasteiger partial charge in [-0.15, -0.1) is 6.42 Å². The molecule has 0 saturated heterocycles. The first kappa shape index (κ1) is 17.6. The standard InChI is InChI=1S/C24H29N/c1-5-9-10-18(6-2)15-20-12-14-24-22(17-20)21-16-19(7-3)11-13-23(21)25(24)8-4/h3,11-14,16-18H,5-6,8-10,15H2,1-2,4H3. The number of hydrogen-bond acceptors (Lipinski definition) is 0. The molecule has 0 aliphatic carbocycles. The van der Waals surface area contributed by atoms with E-state index in [0.29, 0.717) is 0 Å². The van der Waals surface area contributed by atoms with Gasteiger partial charge in [0.05, 0.1) is 0 Å². The molecule has 0 spiro atoms. The van der Waals surface area contributed by atoms with Gasteiger partial charge in [-0.25, -0.2) is 0 Å². The van der Waals surface area contributed by atoms with E-state index in [0.717, 1.165) is 18.0 Å². The van der Waals surface area contributed by atoms with Crippen LogP contribution in [-0.4, -0.2) is 4.57 Å². The van der Waals surface area contributed by atoms with Gasteiger partial charge < -0.3 is 4.57 Å². The lowest BCUT2D eigenvalue weighted by Gasteiger charge is -2.14. The average molecular weight is 332 g/mol. The van der Waals surface area contributed by atoms with Gasteiger partial charge in [0.25, 0.3) is 0 Å². The molecule has 0 saturated carbocycles. The molecule has 0 radical (unpaired) electrons. The molecule has 3 aromatic rings. The van der Waals surface area contributed by atoms with Gasteiger partial charge in [-0.3, -0.25) is 0 Å². The lowest BCUT2D eigenvalue weighted by molar-refractivity contribution is 0.449. The number of fused-ring (bicyclic) bond motifs is 3. The second-order valence-corrected chi connectivity index (χ2v) is 7.09. The predicted molar refractivity (Wildman–Crippen MR) is 110 cm³/mol. The van der Waals surface area contributed by atoms with Crippen LogP contribution in [0, 0.1) is 18.3 Å². The number of benzene rings is 2. The van der Waals surface area contributed by atoms with E-state index in [1.165, 1.54) is 59.5 Å². The minimum absolute atomic E-state index is 0.790. The van der Waals surface area contributed by atoms with E-state index in [9.17, 15) is 0 Å². The molecule has 0 amide bonds. The van der Waals surface area contributed by atoms with Crippen LogP contribution in [-0.2, 0) is 13.0 Å². The number of rotatable bonds is 7. The van der Waals surface area contributed by atoms with Gasteiger partial charge in [0.15, 0.2) is 0 Å². The minimum atomic E-state index is 0.790. The van der Waals surface area contributed by atoms with Crippen molar-refractivity contribution in [2.24, 2.45) is 5.92 Å². The molecule has 0 bridgehead atoms. The Kier molecular flexibility index (Phi) is 5.49. The van der Waals surface area contributed by atoms with Crippen molar-refractivity contribution in [1.29, 1.82) is 0 Å². The van der Waals surface area contributed by atoms with Crippen molar-refractivity contribution in [2.75, 3.05) is 0 Å². The molecule has 0 fully saturated rings. The van der Waals surface area contributed by atoms with Crippen LogP contribution < -0.4 is 0 Å². The van der Waals surface area contributed by atoms with Crippen LogP contribution in [0.4, 0.5) is 0 Å². The van der Waals surface area contributed by atoms with Gasteiger partial charge in [-0.1, -0.05) is 51.5 Å². The molecule has 1 unspecified atom stereocenters. The number of terminal acetylenes is 1. The lowest BCUT2D eigenvalue weighted by Crippen LogP contribution is -2.03. The van der Waals surface area contributed by atoms with Gasteiger partial charge in [-0.05, 0) is 55.2 Å². The molecule has 1 nitrogen and oxygen atoms in total. The van der Waals surface area contributed by atoms with E-state index in [4.69, 9.17) is 6.42 Å². The van der Waals surface area contributed by atoms with E-state index in [1.54, 1.807) is 0 Å². The average Bonchev–Trinajstić information content (AvgIpc) is 2.97. The second-order valence-electron chi connectivity index (χ2n) is 7.09. The van der Waals surface area contributed by atoms with Crippen LogP contribution in [0.5, 0.6) is 0 Å². The molecule has 25 heavy (non-hydrogen) atoms. The van der Waals surface area contributed by atoms with Crippen LogP contribution in [0.3, 0.4) is 0 Å². The van der Waals surface area contributed by atoms with Crippen LogP contribution in [0.15, 0.2) is 36.4 Å². The van der Waals surface area contributed by atoms with Crippen molar-refractivity contribution < 1.29 is 0 Å². The zero-order chi connectivity index (χ0) is 17.8. The van der Waals surface area contributed by atoms with E-state index in [1.807, 2.05) is 6.07 Å². The van der Waals surface area contributed by atoms with Crippen LogP contribution in [0.1, 0.15) is 57.6 Å². The maximum Gasteiger partial charge on any atom is 0.0492 e. The summed E-state index contributed by atoms with van der Waals surface area (Å²) in [6.45, 7) is 7.78. The van der Waals surface area contributed by atoms with Crippen LogP contribution >= 0.6 is 0 Å². The monoisotopic (exact) mass is 331 g/mol. The van der Waals surface area contributed by atoms with Crippen molar-refractivity contribution in [3.05, 3.63) is 47.5 Å². The first-order valence-corrected chi connectivity index (χ1v) is 9.73. The van der Waals surface area contributed by atoms with Crippen molar-refractivity contribution in [1.82, 2.24) is 4.57 Å². The SMILES string of the molecule is C#Cc1ccc2c(c1)c1cc(CC(CC)CCCC)ccc1n2CC. The first-order chi connectivity index (χ1) is 12.2. The van der Waals surface area contributed by atoms with Gasteiger partial charge >= 0.3 is 0 Å². The third-order valence-electron chi connectivity index (χ3n) is 5.48. The normalized spacial score (nSPS) is 12.6. The Hall–Kier alpha value is -2.20. The van der Waals surface area contributed by atoms with Crippen molar-refractivity contribution >= 4 is 21.8 Å². The highest BCUT2D eigenvalue weighted by atomic mass is 15.0. The van der Waals surface area contributed by atoms with Gasteiger partial charge in [-0.2, -0.15) is 0 Å². The smallest absolute Gasteiger partial charge is 0.0492 e. The van der Waals surface area contributed by atoms with Crippen molar-refractivity contribution in [3.8, 4) is 12.3 Å². The largest absolute Gasteiger partial charge is 0.341 e. The zero-order valence-electron chi connectivity index (χ0n) is 15.8. The molecule has 1 heterocycles. The van der Waals surface area contributed by atoms with Crippen molar-refractivity contribution in [3.63, 3.8) is 0 Å². The molecular formula is C24H29N. The number of aryl methyl sites for hydroxylation is 1. The number of aromatic nitrogens is 1. The fraction of sp³-hybridized carbons (Fsp3) is 0.417. The Bertz CT molecular complexity index is 907. The fourth-order valence-electron chi connectivity index (χ4n) is 3.99.